The Balaban J connectivity index is 2.30. The lowest BCUT2D eigenvalue weighted by Crippen LogP contribution is -2.14. The van der Waals surface area contributed by atoms with Crippen LogP contribution in [0, 0.1) is 6.92 Å². The van der Waals surface area contributed by atoms with Gasteiger partial charge in [-0.1, -0.05) is 19.1 Å². The molecule has 0 saturated heterocycles. The number of rotatable bonds is 4. The fourth-order valence-electron chi connectivity index (χ4n) is 1.70. The lowest BCUT2D eigenvalue weighted by molar-refractivity contribution is 0.601. The number of sulfonamides is 1. The molecule has 2 aromatic rings. The molecule has 5 heteroatoms. The minimum atomic E-state index is -3.55. The summed E-state index contributed by atoms with van der Waals surface area (Å²) in [6.07, 6.45) is 2.51. The first kappa shape index (κ1) is 13.5. The van der Waals surface area contributed by atoms with Crippen LogP contribution in [-0.4, -0.2) is 13.4 Å². The summed E-state index contributed by atoms with van der Waals surface area (Å²) in [5.41, 5.74) is 2.26. The van der Waals surface area contributed by atoms with Crippen LogP contribution in [0.25, 0.3) is 0 Å². The maximum absolute atomic E-state index is 12.2. The first-order chi connectivity index (χ1) is 9.03. The zero-order valence-corrected chi connectivity index (χ0v) is 11.7. The predicted molar refractivity (Wildman–Crippen MR) is 75.6 cm³/mol. The monoisotopic (exact) mass is 276 g/mol. The third-order valence-electron chi connectivity index (χ3n) is 2.89. The van der Waals surface area contributed by atoms with Crippen LogP contribution in [0.2, 0.25) is 0 Å². The second-order valence-corrected chi connectivity index (χ2v) is 5.92. The van der Waals surface area contributed by atoms with E-state index in [4.69, 9.17) is 0 Å². The summed E-state index contributed by atoms with van der Waals surface area (Å²) in [4.78, 5) is 4.31. The van der Waals surface area contributed by atoms with Gasteiger partial charge in [0.2, 0.25) is 0 Å². The van der Waals surface area contributed by atoms with E-state index < -0.39 is 10.0 Å². The van der Waals surface area contributed by atoms with Gasteiger partial charge in [0.05, 0.1) is 16.3 Å². The third-order valence-corrected chi connectivity index (χ3v) is 4.27. The molecule has 2 rings (SSSR count). The lowest BCUT2D eigenvalue weighted by Gasteiger charge is -2.10. The van der Waals surface area contributed by atoms with Gasteiger partial charge < -0.3 is 0 Å². The zero-order valence-electron chi connectivity index (χ0n) is 10.9. The molecule has 0 aliphatic rings. The summed E-state index contributed by atoms with van der Waals surface area (Å²) < 4.78 is 27.0. The Kier molecular flexibility index (Phi) is 3.85. The zero-order chi connectivity index (χ0) is 13.9. The third kappa shape index (κ3) is 3.12. The molecule has 0 radical (unpaired) electrons. The topological polar surface area (TPSA) is 59.1 Å². The first-order valence-electron chi connectivity index (χ1n) is 6.06. The van der Waals surface area contributed by atoms with E-state index in [0.717, 1.165) is 12.0 Å². The van der Waals surface area contributed by atoms with E-state index in [1.165, 1.54) is 0 Å². The molecule has 0 amide bonds. The molecule has 0 bridgehead atoms. The van der Waals surface area contributed by atoms with Crippen LogP contribution >= 0.6 is 0 Å². The van der Waals surface area contributed by atoms with Crippen LogP contribution in [0.1, 0.15) is 18.2 Å². The van der Waals surface area contributed by atoms with Crippen molar-refractivity contribution in [2.24, 2.45) is 0 Å². The summed E-state index contributed by atoms with van der Waals surface area (Å²) in [6, 6.07) is 10.3. The molecule has 1 heterocycles. The number of hydrogen-bond acceptors (Lipinski definition) is 3. The Morgan fingerprint density at radius 3 is 2.42 bits per heavy atom. The van der Waals surface area contributed by atoms with Gasteiger partial charge in [-0.25, -0.2) is 8.42 Å². The molecule has 19 heavy (non-hydrogen) atoms. The Morgan fingerprint density at radius 2 is 1.84 bits per heavy atom. The number of hydrogen-bond donors (Lipinski definition) is 1. The summed E-state index contributed by atoms with van der Waals surface area (Å²) in [6.45, 7) is 3.79. The minimum absolute atomic E-state index is 0.257. The highest BCUT2D eigenvalue weighted by Crippen LogP contribution is 2.18. The van der Waals surface area contributed by atoms with Gasteiger partial charge in [-0.3, -0.25) is 9.71 Å². The maximum Gasteiger partial charge on any atom is 0.261 e. The van der Waals surface area contributed by atoms with Gasteiger partial charge in [0.15, 0.2) is 0 Å². The number of nitrogens with zero attached hydrogens (tertiary/aromatic N) is 1. The molecule has 0 saturated carbocycles. The van der Waals surface area contributed by atoms with Crippen molar-refractivity contribution in [1.82, 2.24) is 4.98 Å². The fraction of sp³-hybridized carbons (Fsp3) is 0.214. The van der Waals surface area contributed by atoms with E-state index in [9.17, 15) is 8.42 Å². The highest BCUT2D eigenvalue weighted by Gasteiger charge is 2.14. The molecule has 0 aliphatic heterocycles. The largest absolute Gasteiger partial charge is 0.278 e. The van der Waals surface area contributed by atoms with Crippen molar-refractivity contribution in [3.05, 3.63) is 53.9 Å². The molecule has 100 valence electrons. The van der Waals surface area contributed by atoms with Crippen LogP contribution < -0.4 is 4.72 Å². The molecule has 0 fully saturated rings. The summed E-state index contributed by atoms with van der Waals surface area (Å²) in [7, 11) is -3.55. The van der Waals surface area contributed by atoms with Crippen LogP contribution in [0.5, 0.6) is 0 Å². The number of benzene rings is 1. The molecule has 1 aromatic carbocycles. The second kappa shape index (κ2) is 5.40. The number of nitrogens with one attached hydrogen (secondary N) is 1. The Hall–Kier alpha value is -1.88. The SMILES string of the molecule is CCc1ccc(S(=O)(=O)Nc2cccnc2C)cc1. The quantitative estimate of drug-likeness (QED) is 0.934. The van der Waals surface area contributed by atoms with E-state index in [1.54, 1.807) is 37.4 Å². The van der Waals surface area contributed by atoms with Crippen LogP contribution in [0.3, 0.4) is 0 Å². The van der Waals surface area contributed by atoms with Gasteiger partial charge in [0.25, 0.3) is 10.0 Å². The number of aryl methyl sites for hydroxylation is 2. The van der Waals surface area contributed by atoms with Crippen molar-refractivity contribution in [2.75, 3.05) is 4.72 Å². The summed E-state index contributed by atoms with van der Waals surface area (Å²) in [5.74, 6) is 0. The number of aromatic nitrogens is 1. The van der Waals surface area contributed by atoms with Crippen molar-refractivity contribution in [3.8, 4) is 0 Å². The minimum Gasteiger partial charge on any atom is -0.278 e. The predicted octanol–water partition coefficient (Wildman–Crippen LogP) is 2.75. The lowest BCUT2D eigenvalue weighted by atomic mass is 10.2. The standard InChI is InChI=1S/C14H16N2O2S/c1-3-12-6-8-13(9-7-12)19(17,18)16-14-5-4-10-15-11(14)2/h4-10,16H,3H2,1-2H3. The van der Waals surface area contributed by atoms with Gasteiger partial charge in [0, 0.05) is 6.20 Å². The Labute approximate surface area is 113 Å². The summed E-state index contributed by atoms with van der Waals surface area (Å²) >= 11 is 0. The number of anilines is 1. The number of pyridine rings is 1. The first-order valence-corrected chi connectivity index (χ1v) is 7.54. The molecule has 4 nitrogen and oxygen atoms in total. The molecule has 0 aliphatic carbocycles. The fourth-order valence-corrected chi connectivity index (χ4v) is 2.82. The molecule has 1 N–H and O–H groups in total. The molecule has 0 unspecified atom stereocenters. The molecule has 0 spiro atoms. The van der Waals surface area contributed by atoms with Gasteiger partial charge in [-0.15, -0.1) is 0 Å². The molecule has 0 atom stereocenters. The van der Waals surface area contributed by atoms with Crippen molar-refractivity contribution >= 4 is 15.7 Å². The maximum atomic E-state index is 12.2. The summed E-state index contributed by atoms with van der Waals surface area (Å²) in [5, 5.41) is 0. The van der Waals surface area contributed by atoms with E-state index in [0.29, 0.717) is 11.4 Å². The van der Waals surface area contributed by atoms with Crippen LogP contribution in [-0.2, 0) is 16.4 Å². The van der Waals surface area contributed by atoms with Gasteiger partial charge in [0.1, 0.15) is 0 Å². The smallest absolute Gasteiger partial charge is 0.261 e. The molecular weight excluding hydrogens is 260 g/mol. The Bertz CT molecular complexity index is 664. The van der Waals surface area contributed by atoms with E-state index >= 15 is 0 Å². The highest BCUT2D eigenvalue weighted by molar-refractivity contribution is 7.92. The normalized spacial score (nSPS) is 11.3. The van der Waals surface area contributed by atoms with Gasteiger partial charge >= 0.3 is 0 Å². The van der Waals surface area contributed by atoms with E-state index in [1.807, 2.05) is 19.1 Å². The van der Waals surface area contributed by atoms with Crippen molar-refractivity contribution in [1.29, 1.82) is 0 Å². The van der Waals surface area contributed by atoms with Crippen molar-refractivity contribution < 1.29 is 8.42 Å². The van der Waals surface area contributed by atoms with Crippen LogP contribution in [0.15, 0.2) is 47.5 Å². The molecular formula is C14H16N2O2S. The van der Waals surface area contributed by atoms with Crippen molar-refractivity contribution in [3.63, 3.8) is 0 Å². The van der Waals surface area contributed by atoms with Crippen LogP contribution in [0.4, 0.5) is 5.69 Å². The van der Waals surface area contributed by atoms with E-state index in [-0.39, 0.29) is 4.90 Å². The highest BCUT2D eigenvalue weighted by atomic mass is 32.2. The average Bonchev–Trinajstić information content (AvgIpc) is 2.41. The average molecular weight is 276 g/mol. The van der Waals surface area contributed by atoms with Gasteiger partial charge in [-0.05, 0) is 43.2 Å². The van der Waals surface area contributed by atoms with Crippen molar-refractivity contribution in [2.45, 2.75) is 25.2 Å². The molecule has 1 aromatic heterocycles. The second-order valence-electron chi connectivity index (χ2n) is 4.24. The van der Waals surface area contributed by atoms with Gasteiger partial charge in [-0.2, -0.15) is 0 Å². The van der Waals surface area contributed by atoms with E-state index in [2.05, 4.69) is 9.71 Å². The Morgan fingerprint density at radius 1 is 1.16 bits per heavy atom.